The molecule has 2 atom stereocenters. The first-order valence-electron chi connectivity index (χ1n) is 5.63. The van der Waals surface area contributed by atoms with Crippen LogP contribution >= 0.6 is 0 Å². The molecule has 3 heteroatoms. The molecule has 2 N–H and O–H groups in total. The van der Waals surface area contributed by atoms with Crippen LogP contribution in [-0.2, 0) is 0 Å². The fraction of sp³-hybridized carbons (Fsp3) is 0.462. The van der Waals surface area contributed by atoms with Crippen LogP contribution in [0.1, 0.15) is 30.4 Å². The smallest absolute Gasteiger partial charge is 0.120 e. The second-order valence-corrected chi connectivity index (χ2v) is 4.34. The van der Waals surface area contributed by atoms with Gasteiger partial charge in [0.2, 0.25) is 0 Å². The highest BCUT2D eigenvalue weighted by Gasteiger charge is 2.25. The van der Waals surface area contributed by atoms with Crippen LogP contribution in [0.25, 0.3) is 0 Å². The monoisotopic (exact) mass is 216 g/mol. The maximum absolute atomic E-state index is 8.82. The average molecular weight is 216 g/mol. The Morgan fingerprint density at radius 2 is 2.25 bits per heavy atom. The lowest BCUT2D eigenvalue weighted by Crippen LogP contribution is -2.33. The Hall–Kier alpha value is -1.53. The maximum Gasteiger partial charge on any atom is 0.120 e. The molecule has 84 valence electrons. The van der Waals surface area contributed by atoms with Crippen LogP contribution in [0.3, 0.4) is 0 Å². The molecule has 1 aliphatic rings. The molecular formula is C13H16N2O. The van der Waals surface area contributed by atoms with Gasteiger partial charge >= 0.3 is 0 Å². The molecule has 2 unspecified atom stereocenters. The van der Waals surface area contributed by atoms with E-state index in [1.54, 1.807) is 6.07 Å². The Morgan fingerprint density at radius 1 is 1.44 bits per heavy atom. The third kappa shape index (κ3) is 2.17. The molecular weight excluding hydrogens is 200 g/mol. The van der Waals surface area contributed by atoms with Gasteiger partial charge in [0.15, 0.2) is 0 Å². The summed E-state index contributed by atoms with van der Waals surface area (Å²) >= 11 is 0. The van der Waals surface area contributed by atoms with Crippen molar-refractivity contribution in [2.24, 2.45) is 5.73 Å². The Morgan fingerprint density at radius 3 is 2.81 bits per heavy atom. The third-order valence-electron chi connectivity index (χ3n) is 3.11. The van der Waals surface area contributed by atoms with Gasteiger partial charge in [-0.3, -0.25) is 0 Å². The molecule has 1 aromatic rings. The molecule has 16 heavy (non-hydrogen) atoms. The lowest BCUT2D eigenvalue weighted by atomic mass is 10.1. The van der Waals surface area contributed by atoms with Crippen LogP contribution < -0.4 is 10.5 Å². The van der Waals surface area contributed by atoms with Crippen molar-refractivity contribution in [2.75, 3.05) is 0 Å². The Labute approximate surface area is 95.8 Å². The number of nitriles is 1. The second-order valence-electron chi connectivity index (χ2n) is 4.34. The predicted molar refractivity (Wildman–Crippen MR) is 62.1 cm³/mol. The molecule has 1 saturated carbocycles. The molecule has 0 spiro atoms. The lowest BCUT2D eigenvalue weighted by Gasteiger charge is -2.18. The summed E-state index contributed by atoms with van der Waals surface area (Å²) in [5.41, 5.74) is 7.59. The van der Waals surface area contributed by atoms with E-state index in [0.29, 0.717) is 5.56 Å². The molecule has 3 nitrogen and oxygen atoms in total. The number of benzene rings is 1. The van der Waals surface area contributed by atoms with E-state index < -0.39 is 0 Å². The average Bonchev–Trinajstić information content (AvgIpc) is 2.65. The molecule has 0 amide bonds. The minimum atomic E-state index is 0.132. The summed E-state index contributed by atoms with van der Waals surface area (Å²) in [6, 6.07) is 7.84. The van der Waals surface area contributed by atoms with Crippen molar-refractivity contribution in [3.8, 4) is 11.8 Å². The zero-order chi connectivity index (χ0) is 11.5. The quantitative estimate of drug-likeness (QED) is 0.823. The number of ether oxygens (including phenoxy) is 1. The van der Waals surface area contributed by atoms with Crippen molar-refractivity contribution in [1.82, 2.24) is 0 Å². The fourth-order valence-electron chi connectivity index (χ4n) is 2.11. The van der Waals surface area contributed by atoms with E-state index in [4.69, 9.17) is 15.7 Å². The van der Waals surface area contributed by atoms with E-state index in [0.717, 1.165) is 30.6 Å². The van der Waals surface area contributed by atoms with Crippen LogP contribution in [-0.4, -0.2) is 12.1 Å². The maximum atomic E-state index is 8.82. The first-order valence-corrected chi connectivity index (χ1v) is 5.63. The molecule has 0 aliphatic heterocycles. The minimum absolute atomic E-state index is 0.132. The van der Waals surface area contributed by atoms with E-state index >= 15 is 0 Å². The van der Waals surface area contributed by atoms with Crippen LogP contribution in [0, 0.1) is 18.3 Å². The normalized spacial score (nSPS) is 24.1. The summed E-state index contributed by atoms with van der Waals surface area (Å²) in [6.07, 6.45) is 3.34. The molecule has 1 fully saturated rings. The first-order chi connectivity index (χ1) is 7.70. The zero-order valence-electron chi connectivity index (χ0n) is 9.44. The van der Waals surface area contributed by atoms with E-state index in [9.17, 15) is 0 Å². The topological polar surface area (TPSA) is 59.0 Å². The standard InChI is InChI=1S/C13H16N2O/c1-9-7-11(6-5-10(9)8-14)16-13-4-2-3-12(13)15/h5-7,12-13H,2-4,15H2,1H3. The number of nitrogens with zero attached hydrogens (tertiary/aromatic N) is 1. The van der Waals surface area contributed by atoms with Gasteiger partial charge in [-0.2, -0.15) is 5.26 Å². The first kappa shape index (κ1) is 11.0. The molecule has 0 radical (unpaired) electrons. The summed E-state index contributed by atoms with van der Waals surface area (Å²) in [5, 5.41) is 8.82. The number of rotatable bonds is 2. The summed E-state index contributed by atoms with van der Waals surface area (Å²) in [5.74, 6) is 0.818. The number of aryl methyl sites for hydroxylation is 1. The molecule has 1 aromatic carbocycles. The highest BCUT2D eigenvalue weighted by Crippen LogP contribution is 2.24. The van der Waals surface area contributed by atoms with Crippen LogP contribution in [0.2, 0.25) is 0 Å². The Balaban J connectivity index is 2.11. The van der Waals surface area contributed by atoms with Crippen LogP contribution in [0.5, 0.6) is 5.75 Å². The zero-order valence-corrected chi connectivity index (χ0v) is 9.44. The van der Waals surface area contributed by atoms with E-state index in [2.05, 4.69) is 6.07 Å². The van der Waals surface area contributed by atoms with Gasteiger partial charge in [-0.25, -0.2) is 0 Å². The summed E-state index contributed by atoms with van der Waals surface area (Å²) in [7, 11) is 0. The molecule has 0 saturated heterocycles. The molecule has 0 aromatic heterocycles. The van der Waals surface area contributed by atoms with Crippen molar-refractivity contribution in [3.63, 3.8) is 0 Å². The van der Waals surface area contributed by atoms with Crippen molar-refractivity contribution >= 4 is 0 Å². The van der Waals surface area contributed by atoms with Gasteiger partial charge in [0.05, 0.1) is 11.6 Å². The Kier molecular flexibility index (Phi) is 3.12. The van der Waals surface area contributed by atoms with Crippen molar-refractivity contribution in [1.29, 1.82) is 5.26 Å². The predicted octanol–water partition coefficient (Wildman–Crippen LogP) is 2.13. The number of nitrogens with two attached hydrogens (primary N) is 1. The summed E-state index contributed by atoms with van der Waals surface area (Å²) < 4.78 is 5.83. The van der Waals surface area contributed by atoms with Crippen LogP contribution in [0.4, 0.5) is 0 Å². The molecule has 1 aliphatic carbocycles. The van der Waals surface area contributed by atoms with Gasteiger partial charge in [0.25, 0.3) is 0 Å². The summed E-state index contributed by atoms with van der Waals surface area (Å²) in [4.78, 5) is 0. The van der Waals surface area contributed by atoms with Crippen LogP contribution in [0.15, 0.2) is 18.2 Å². The van der Waals surface area contributed by atoms with Gasteiger partial charge in [-0.1, -0.05) is 0 Å². The highest BCUT2D eigenvalue weighted by molar-refractivity contribution is 5.41. The summed E-state index contributed by atoms with van der Waals surface area (Å²) in [6.45, 7) is 1.92. The third-order valence-corrected chi connectivity index (χ3v) is 3.11. The van der Waals surface area contributed by atoms with Crippen molar-refractivity contribution < 1.29 is 4.74 Å². The SMILES string of the molecule is Cc1cc(OC2CCCC2N)ccc1C#N. The van der Waals surface area contributed by atoms with Crippen molar-refractivity contribution in [3.05, 3.63) is 29.3 Å². The van der Waals surface area contributed by atoms with E-state index in [1.165, 1.54) is 0 Å². The molecule has 0 heterocycles. The minimum Gasteiger partial charge on any atom is -0.489 e. The number of hydrogen-bond acceptors (Lipinski definition) is 3. The van der Waals surface area contributed by atoms with Crippen molar-refractivity contribution in [2.45, 2.75) is 38.3 Å². The van der Waals surface area contributed by atoms with Gasteiger partial charge in [-0.15, -0.1) is 0 Å². The van der Waals surface area contributed by atoms with E-state index in [1.807, 2.05) is 19.1 Å². The lowest BCUT2D eigenvalue weighted by molar-refractivity contribution is 0.191. The fourth-order valence-corrected chi connectivity index (χ4v) is 2.11. The van der Waals surface area contributed by atoms with E-state index in [-0.39, 0.29) is 12.1 Å². The van der Waals surface area contributed by atoms with Gasteiger partial charge < -0.3 is 10.5 Å². The largest absolute Gasteiger partial charge is 0.489 e. The highest BCUT2D eigenvalue weighted by atomic mass is 16.5. The van der Waals surface area contributed by atoms with Gasteiger partial charge in [0, 0.05) is 6.04 Å². The second kappa shape index (κ2) is 4.54. The molecule has 0 bridgehead atoms. The van der Waals surface area contributed by atoms with Gasteiger partial charge in [0.1, 0.15) is 11.9 Å². The van der Waals surface area contributed by atoms with Gasteiger partial charge in [-0.05, 0) is 49.9 Å². The Bertz CT molecular complexity index is 422. The number of hydrogen-bond donors (Lipinski definition) is 1. The molecule has 2 rings (SSSR count).